The third-order valence-electron chi connectivity index (χ3n) is 8.84. The van der Waals surface area contributed by atoms with Crippen LogP contribution in [-0.2, 0) is 23.1 Å². The third-order valence-corrected chi connectivity index (χ3v) is 10.4. The summed E-state index contributed by atoms with van der Waals surface area (Å²) in [4.78, 5) is 15.3. The van der Waals surface area contributed by atoms with Crippen molar-refractivity contribution in [2.45, 2.75) is 70.0 Å². The first-order valence-corrected chi connectivity index (χ1v) is 16.4. The molecule has 2 aromatic carbocycles. The van der Waals surface area contributed by atoms with Gasteiger partial charge in [0.25, 0.3) is 5.91 Å². The van der Waals surface area contributed by atoms with E-state index in [-0.39, 0.29) is 29.8 Å². The third kappa shape index (κ3) is 6.59. The van der Waals surface area contributed by atoms with Crippen molar-refractivity contribution in [1.82, 2.24) is 4.72 Å². The summed E-state index contributed by atoms with van der Waals surface area (Å²) >= 11 is 6.28. The number of hydrogen-bond donors (Lipinski definition) is 3. The van der Waals surface area contributed by atoms with Crippen LogP contribution in [0.15, 0.2) is 36.4 Å². The highest BCUT2D eigenvalue weighted by Crippen LogP contribution is 2.45. The predicted molar refractivity (Wildman–Crippen MR) is 155 cm³/mol. The Balaban J connectivity index is 1.53. The summed E-state index contributed by atoms with van der Waals surface area (Å²) in [6.07, 6.45) is 6.46. The molecule has 5 rings (SSSR count). The Morgan fingerprint density at radius 3 is 2.67 bits per heavy atom. The molecule has 10 heteroatoms. The summed E-state index contributed by atoms with van der Waals surface area (Å²) < 4.78 is 33.9. The zero-order valence-electron chi connectivity index (χ0n) is 22.8. The zero-order chi connectivity index (χ0) is 28.3. The van der Waals surface area contributed by atoms with E-state index in [2.05, 4.69) is 9.62 Å². The number of aryl methyl sites for hydroxylation is 1. The van der Waals surface area contributed by atoms with Crippen LogP contribution in [-0.4, -0.2) is 55.6 Å². The van der Waals surface area contributed by atoms with Crippen molar-refractivity contribution < 1.29 is 28.2 Å². The maximum absolute atomic E-state index is 13.1. The van der Waals surface area contributed by atoms with Crippen molar-refractivity contribution in [1.29, 1.82) is 0 Å². The highest BCUT2D eigenvalue weighted by molar-refractivity contribution is 7.90. The van der Waals surface area contributed by atoms with Gasteiger partial charge >= 0.3 is 0 Å². The Morgan fingerprint density at radius 1 is 1.05 bits per heavy atom. The second kappa shape index (κ2) is 12.3. The number of hydrogen-bond acceptors (Lipinski definition) is 7. The summed E-state index contributed by atoms with van der Waals surface area (Å²) in [6.45, 7) is 1.37. The highest BCUT2D eigenvalue weighted by Gasteiger charge is 2.46. The van der Waals surface area contributed by atoms with Gasteiger partial charge in [0.1, 0.15) is 12.4 Å². The number of nitrogens with one attached hydrogen (secondary N) is 1. The molecule has 2 aromatic rings. The van der Waals surface area contributed by atoms with Crippen LogP contribution in [0.1, 0.15) is 72.9 Å². The molecule has 0 spiro atoms. The average Bonchev–Trinajstić information content (AvgIpc) is 2.93. The van der Waals surface area contributed by atoms with Crippen LogP contribution in [0.2, 0.25) is 5.02 Å². The van der Waals surface area contributed by atoms with Crippen molar-refractivity contribution >= 4 is 33.2 Å². The Labute approximate surface area is 241 Å². The smallest absolute Gasteiger partial charge is 0.264 e. The van der Waals surface area contributed by atoms with Crippen LogP contribution >= 0.6 is 11.6 Å². The highest BCUT2D eigenvalue weighted by atomic mass is 35.5. The van der Waals surface area contributed by atoms with E-state index in [0.29, 0.717) is 56.2 Å². The molecule has 1 amide bonds. The van der Waals surface area contributed by atoms with E-state index in [1.165, 1.54) is 0 Å². The van der Waals surface area contributed by atoms with Gasteiger partial charge in [0.05, 0.1) is 23.6 Å². The fraction of sp³-hybridized carbons (Fsp3) is 0.567. The number of carbonyl (C=O) groups is 1. The normalized spacial score (nSPS) is 27.6. The molecule has 3 aliphatic rings. The fourth-order valence-corrected chi connectivity index (χ4v) is 7.67. The Hall–Kier alpha value is -2.33. The maximum atomic E-state index is 13.1. The molecule has 40 heavy (non-hydrogen) atoms. The summed E-state index contributed by atoms with van der Waals surface area (Å²) in [6, 6.07) is 10.9. The van der Waals surface area contributed by atoms with Gasteiger partial charge < -0.3 is 19.8 Å². The number of benzene rings is 2. The molecule has 8 nitrogen and oxygen atoms in total. The summed E-state index contributed by atoms with van der Waals surface area (Å²) in [5.41, 5.74) is 2.00. The minimum atomic E-state index is -3.82. The van der Waals surface area contributed by atoms with Crippen LogP contribution < -0.4 is 14.4 Å². The molecule has 0 saturated heterocycles. The summed E-state index contributed by atoms with van der Waals surface area (Å²) in [7, 11) is -3.82. The van der Waals surface area contributed by atoms with E-state index in [1.807, 2.05) is 18.2 Å². The zero-order valence-corrected chi connectivity index (χ0v) is 24.4. The number of sulfonamides is 1. The van der Waals surface area contributed by atoms with Gasteiger partial charge in [0.15, 0.2) is 0 Å². The monoisotopic (exact) mass is 590 g/mol. The summed E-state index contributed by atoms with van der Waals surface area (Å²) in [5.74, 6) is -0.0882. The second-order valence-electron chi connectivity index (χ2n) is 11.6. The lowest BCUT2D eigenvalue weighted by molar-refractivity contribution is -0.117. The lowest BCUT2D eigenvalue weighted by atomic mass is 9.63. The number of aliphatic hydroxyl groups excluding tert-OH is 1. The number of amides is 1. The van der Waals surface area contributed by atoms with E-state index in [4.69, 9.17) is 16.3 Å². The minimum Gasteiger partial charge on any atom is -0.487 e. The van der Waals surface area contributed by atoms with Gasteiger partial charge in [-0.2, -0.15) is 0 Å². The molecule has 3 atom stereocenters. The van der Waals surface area contributed by atoms with Crippen molar-refractivity contribution in [3.63, 3.8) is 0 Å². The van der Waals surface area contributed by atoms with Crippen molar-refractivity contribution in [3.05, 3.63) is 58.1 Å². The molecule has 2 aliphatic heterocycles. The molecule has 1 saturated carbocycles. The van der Waals surface area contributed by atoms with Gasteiger partial charge in [0.2, 0.25) is 10.0 Å². The second-order valence-corrected chi connectivity index (χ2v) is 13.8. The predicted octanol–water partition coefficient (Wildman–Crippen LogP) is 4.44. The molecule has 218 valence electrons. The van der Waals surface area contributed by atoms with E-state index < -0.39 is 21.5 Å². The van der Waals surface area contributed by atoms with Gasteiger partial charge in [-0.05, 0) is 98.2 Å². The van der Waals surface area contributed by atoms with E-state index >= 15 is 0 Å². The van der Waals surface area contributed by atoms with Crippen molar-refractivity contribution in [2.75, 3.05) is 30.3 Å². The fourth-order valence-electron chi connectivity index (χ4n) is 6.39. The number of halogens is 1. The molecule has 2 heterocycles. The quantitative estimate of drug-likeness (QED) is 0.449. The molecule has 0 aromatic heterocycles. The Bertz CT molecular complexity index is 1340. The number of anilines is 1. The van der Waals surface area contributed by atoms with Gasteiger partial charge in [-0.3, -0.25) is 4.79 Å². The molecule has 0 unspecified atom stereocenters. The molecule has 1 aliphatic carbocycles. The SMILES string of the molecule is O=C1NS(=O)(=O)CCCCC[C@@](O)(CO)[C@@H]2CC[C@H]2CN2CCCCc3cc(Cl)ccc3COc3ccc1cc32. The van der Waals surface area contributed by atoms with Crippen LogP contribution in [0.5, 0.6) is 5.75 Å². The molecular formula is C30H39ClN2O6S. The minimum absolute atomic E-state index is 0.0467. The van der Waals surface area contributed by atoms with Crippen LogP contribution in [0.25, 0.3) is 0 Å². The van der Waals surface area contributed by atoms with Crippen molar-refractivity contribution in [3.8, 4) is 5.75 Å². The van der Waals surface area contributed by atoms with Crippen LogP contribution in [0, 0.1) is 11.8 Å². The number of rotatable bonds is 1. The van der Waals surface area contributed by atoms with Gasteiger partial charge in [-0.15, -0.1) is 0 Å². The molecular weight excluding hydrogens is 552 g/mol. The maximum Gasteiger partial charge on any atom is 0.264 e. The first-order valence-electron chi connectivity index (χ1n) is 14.3. The first kappa shape index (κ1) is 29.2. The first-order chi connectivity index (χ1) is 19.2. The lowest BCUT2D eigenvalue weighted by Crippen LogP contribution is -2.53. The van der Waals surface area contributed by atoms with E-state index in [0.717, 1.165) is 48.9 Å². The average molecular weight is 591 g/mol. The number of carbonyl (C=O) groups excluding carboxylic acids is 1. The summed E-state index contributed by atoms with van der Waals surface area (Å²) in [5, 5.41) is 22.4. The van der Waals surface area contributed by atoms with Gasteiger partial charge in [-0.25, -0.2) is 13.1 Å². The molecule has 2 bridgehead atoms. The molecule has 1 fully saturated rings. The number of aliphatic hydroxyl groups is 2. The van der Waals surface area contributed by atoms with Gasteiger partial charge in [-0.1, -0.05) is 30.5 Å². The molecule has 0 radical (unpaired) electrons. The number of ether oxygens (including phenoxy) is 1. The molecule has 3 N–H and O–H groups in total. The van der Waals surface area contributed by atoms with Crippen LogP contribution in [0.4, 0.5) is 5.69 Å². The van der Waals surface area contributed by atoms with Gasteiger partial charge in [0, 0.05) is 23.7 Å². The van der Waals surface area contributed by atoms with E-state index in [9.17, 15) is 23.4 Å². The van der Waals surface area contributed by atoms with E-state index in [1.54, 1.807) is 18.2 Å². The topological polar surface area (TPSA) is 116 Å². The van der Waals surface area contributed by atoms with Crippen LogP contribution in [0.3, 0.4) is 0 Å². The largest absolute Gasteiger partial charge is 0.487 e. The standard InChI is InChI=1S/C30H39ClN2O6S/c31-25-10-7-24-19-39-28-12-9-22-17-27(28)33(14-4-2-6-21(24)16-25)18-23-8-11-26(23)30(36,20-34)13-3-1-5-15-40(37,38)32-29(22)35/h7,9-10,12,16-17,23,26,34,36H,1-6,8,11,13-15,18-20H2,(H,32,35)/t23-,26+,30+/m0/s1. The lowest BCUT2D eigenvalue weighted by Gasteiger charge is -2.48. The number of nitrogens with zero attached hydrogens (tertiary/aromatic N) is 1. The van der Waals surface area contributed by atoms with Crippen molar-refractivity contribution in [2.24, 2.45) is 11.8 Å². The Morgan fingerprint density at radius 2 is 1.90 bits per heavy atom. The number of fused-ring (bicyclic) bond motifs is 3. The Kier molecular flexibility index (Phi) is 8.95.